The second-order valence-electron chi connectivity index (χ2n) is 4.20. The lowest BCUT2D eigenvalue weighted by Gasteiger charge is -1.96. The summed E-state index contributed by atoms with van der Waals surface area (Å²) in [4.78, 5) is 4.68. The fraction of sp³-hybridized carbons (Fsp3) is 0.0667. The van der Waals surface area contributed by atoms with E-state index in [0.29, 0.717) is 5.56 Å². The molecule has 0 saturated heterocycles. The van der Waals surface area contributed by atoms with Gasteiger partial charge in [-0.25, -0.2) is 4.98 Å². The van der Waals surface area contributed by atoms with Crippen LogP contribution >= 0.6 is 22.7 Å². The number of thiazole rings is 1. The van der Waals surface area contributed by atoms with Crippen LogP contribution in [0, 0.1) is 18.3 Å². The van der Waals surface area contributed by atoms with Gasteiger partial charge in [0.2, 0.25) is 0 Å². The van der Waals surface area contributed by atoms with E-state index in [1.165, 1.54) is 11.1 Å². The zero-order valence-electron chi connectivity index (χ0n) is 10.3. The van der Waals surface area contributed by atoms with Crippen LogP contribution in [0.15, 0.2) is 40.4 Å². The third-order valence-electron chi connectivity index (χ3n) is 2.90. The first-order chi connectivity index (χ1) is 9.28. The Labute approximate surface area is 119 Å². The van der Waals surface area contributed by atoms with Crippen LogP contribution in [0.4, 0.5) is 0 Å². The molecular weight excluding hydrogens is 272 g/mol. The van der Waals surface area contributed by atoms with Crippen molar-refractivity contribution in [1.82, 2.24) is 4.98 Å². The maximum Gasteiger partial charge on any atom is 0.125 e. The van der Waals surface area contributed by atoms with E-state index in [1.807, 2.05) is 24.3 Å². The zero-order chi connectivity index (χ0) is 13.2. The molecule has 3 rings (SSSR count). The molecule has 0 spiro atoms. The van der Waals surface area contributed by atoms with E-state index >= 15 is 0 Å². The van der Waals surface area contributed by atoms with Gasteiger partial charge in [0, 0.05) is 21.9 Å². The highest BCUT2D eigenvalue weighted by molar-refractivity contribution is 7.14. The van der Waals surface area contributed by atoms with E-state index in [4.69, 9.17) is 5.26 Å². The topological polar surface area (TPSA) is 36.7 Å². The molecule has 0 unspecified atom stereocenters. The Hall–Kier alpha value is -1.96. The van der Waals surface area contributed by atoms with Crippen molar-refractivity contribution in [2.24, 2.45) is 0 Å². The van der Waals surface area contributed by atoms with E-state index in [9.17, 15) is 0 Å². The van der Waals surface area contributed by atoms with Crippen LogP contribution in [0.2, 0.25) is 0 Å². The molecule has 0 saturated carbocycles. The van der Waals surface area contributed by atoms with Gasteiger partial charge in [-0.1, -0.05) is 12.1 Å². The summed E-state index contributed by atoms with van der Waals surface area (Å²) in [5, 5.41) is 16.2. The number of rotatable bonds is 2. The third kappa shape index (κ3) is 2.30. The molecule has 1 aromatic carbocycles. The van der Waals surface area contributed by atoms with Crippen molar-refractivity contribution in [2.75, 3.05) is 0 Å². The molecule has 0 amide bonds. The Kier molecular flexibility index (Phi) is 3.16. The molecule has 92 valence electrons. The number of benzene rings is 1. The Morgan fingerprint density at radius 1 is 1.11 bits per heavy atom. The molecule has 0 N–H and O–H groups in total. The standard InChI is InChI=1S/C15H10N2S2/c1-10-7-18-8-13(10)15-17-14(9-19-15)12-4-2-11(6-16)3-5-12/h2-5,7-9H,1H3. The second kappa shape index (κ2) is 4.96. The smallest absolute Gasteiger partial charge is 0.125 e. The summed E-state index contributed by atoms with van der Waals surface area (Å²) < 4.78 is 0. The number of hydrogen-bond acceptors (Lipinski definition) is 4. The first-order valence-electron chi connectivity index (χ1n) is 5.77. The minimum atomic E-state index is 0.674. The summed E-state index contributed by atoms with van der Waals surface area (Å²) in [5.41, 5.74) is 5.18. The van der Waals surface area contributed by atoms with Gasteiger partial charge in [0.05, 0.1) is 17.3 Å². The number of hydrogen-bond donors (Lipinski definition) is 0. The minimum absolute atomic E-state index is 0.674. The van der Waals surface area contributed by atoms with Crippen LogP contribution in [0.25, 0.3) is 21.8 Å². The van der Waals surface area contributed by atoms with Gasteiger partial charge in [0.15, 0.2) is 0 Å². The van der Waals surface area contributed by atoms with Crippen molar-refractivity contribution in [3.8, 4) is 27.9 Å². The lowest BCUT2D eigenvalue weighted by atomic mass is 10.1. The number of aromatic nitrogens is 1. The summed E-state index contributed by atoms with van der Waals surface area (Å²) in [6.07, 6.45) is 0. The predicted octanol–water partition coefficient (Wildman–Crippen LogP) is 4.72. The van der Waals surface area contributed by atoms with Crippen LogP contribution < -0.4 is 0 Å². The van der Waals surface area contributed by atoms with Crippen LogP contribution in [0.1, 0.15) is 11.1 Å². The van der Waals surface area contributed by atoms with E-state index in [1.54, 1.807) is 22.7 Å². The van der Waals surface area contributed by atoms with Crippen molar-refractivity contribution in [3.63, 3.8) is 0 Å². The molecule has 0 atom stereocenters. The summed E-state index contributed by atoms with van der Waals surface area (Å²) in [5.74, 6) is 0. The maximum absolute atomic E-state index is 8.80. The molecule has 2 heterocycles. The molecule has 3 aromatic rings. The third-order valence-corrected chi connectivity index (χ3v) is 4.64. The Morgan fingerprint density at radius 3 is 2.53 bits per heavy atom. The number of nitriles is 1. The van der Waals surface area contributed by atoms with Crippen molar-refractivity contribution in [1.29, 1.82) is 5.26 Å². The largest absolute Gasteiger partial charge is 0.236 e. The van der Waals surface area contributed by atoms with Crippen LogP contribution in [0.3, 0.4) is 0 Å². The Balaban J connectivity index is 1.97. The van der Waals surface area contributed by atoms with Gasteiger partial charge < -0.3 is 0 Å². The monoisotopic (exact) mass is 282 g/mol. The summed E-state index contributed by atoms with van der Waals surface area (Å²) in [6, 6.07) is 9.66. The van der Waals surface area contributed by atoms with Gasteiger partial charge in [0.1, 0.15) is 5.01 Å². The van der Waals surface area contributed by atoms with Crippen molar-refractivity contribution >= 4 is 22.7 Å². The molecule has 0 radical (unpaired) electrons. The van der Waals surface area contributed by atoms with Crippen LogP contribution in [0.5, 0.6) is 0 Å². The first-order valence-corrected chi connectivity index (χ1v) is 7.59. The summed E-state index contributed by atoms with van der Waals surface area (Å²) in [6.45, 7) is 2.11. The highest BCUT2D eigenvalue weighted by Gasteiger charge is 2.09. The average molecular weight is 282 g/mol. The molecule has 4 heteroatoms. The molecule has 0 fully saturated rings. The normalized spacial score (nSPS) is 10.3. The number of nitrogens with zero attached hydrogens (tertiary/aromatic N) is 2. The quantitative estimate of drug-likeness (QED) is 0.682. The maximum atomic E-state index is 8.80. The van der Waals surface area contributed by atoms with Gasteiger partial charge in [-0.2, -0.15) is 16.6 Å². The average Bonchev–Trinajstić information content (AvgIpc) is 3.07. The highest BCUT2D eigenvalue weighted by Crippen LogP contribution is 2.32. The van der Waals surface area contributed by atoms with Crippen molar-refractivity contribution in [3.05, 3.63) is 51.5 Å². The van der Waals surface area contributed by atoms with Crippen molar-refractivity contribution in [2.45, 2.75) is 6.92 Å². The number of thiophene rings is 1. The van der Waals surface area contributed by atoms with E-state index in [0.717, 1.165) is 16.3 Å². The van der Waals surface area contributed by atoms with E-state index in [2.05, 4.69) is 34.1 Å². The minimum Gasteiger partial charge on any atom is -0.236 e. The zero-order valence-corrected chi connectivity index (χ0v) is 11.9. The molecule has 0 aliphatic heterocycles. The highest BCUT2D eigenvalue weighted by atomic mass is 32.1. The van der Waals surface area contributed by atoms with Gasteiger partial charge in [-0.05, 0) is 30.0 Å². The molecule has 0 aliphatic rings. The van der Waals surface area contributed by atoms with Gasteiger partial charge in [-0.3, -0.25) is 0 Å². The van der Waals surface area contributed by atoms with Crippen LogP contribution in [-0.2, 0) is 0 Å². The molecule has 2 nitrogen and oxygen atoms in total. The molecule has 19 heavy (non-hydrogen) atoms. The SMILES string of the molecule is Cc1cscc1-c1nc(-c2ccc(C#N)cc2)cs1. The Morgan fingerprint density at radius 2 is 1.89 bits per heavy atom. The van der Waals surface area contributed by atoms with Gasteiger partial charge in [0.25, 0.3) is 0 Å². The lowest BCUT2D eigenvalue weighted by Crippen LogP contribution is -1.80. The first kappa shape index (κ1) is 12.1. The Bertz CT molecular complexity index is 745. The molecule has 0 aliphatic carbocycles. The molecule has 2 aromatic heterocycles. The van der Waals surface area contributed by atoms with Crippen LogP contribution in [-0.4, -0.2) is 4.98 Å². The summed E-state index contributed by atoms with van der Waals surface area (Å²) in [7, 11) is 0. The van der Waals surface area contributed by atoms with E-state index < -0.39 is 0 Å². The van der Waals surface area contributed by atoms with E-state index in [-0.39, 0.29) is 0 Å². The van der Waals surface area contributed by atoms with Gasteiger partial charge >= 0.3 is 0 Å². The van der Waals surface area contributed by atoms with Crippen molar-refractivity contribution < 1.29 is 0 Å². The molecular formula is C15H10N2S2. The fourth-order valence-corrected chi connectivity index (χ4v) is 3.64. The second-order valence-corrected chi connectivity index (χ2v) is 5.80. The lowest BCUT2D eigenvalue weighted by molar-refractivity contribution is 1.39. The molecule has 0 bridgehead atoms. The summed E-state index contributed by atoms with van der Waals surface area (Å²) >= 11 is 3.36. The predicted molar refractivity (Wildman–Crippen MR) is 80.3 cm³/mol. The van der Waals surface area contributed by atoms with Gasteiger partial charge in [-0.15, -0.1) is 11.3 Å². The number of aryl methyl sites for hydroxylation is 1. The fourth-order valence-electron chi connectivity index (χ4n) is 1.83.